The first-order chi connectivity index (χ1) is 9.76. The molecule has 0 radical (unpaired) electrons. The van der Waals surface area contributed by atoms with Gasteiger partial charge in [-0.15, -0.1) is 0 Å². The third kappa shape index (κ3) is 4.35. The molecule has 2 heterocycles. The number of nitrogens with zero attached hydrogens (tertiary/aromatic N) is 2. The lowest BCUT2D eigenvalue weighted by molar-refractivity contribution is -0.137. The SMILES string of the molecule is CC1CC(N2CCCCC2=O)CN(C(=O)OC(C)(C)C)C1. The van der Waals surface area contributed by atoms with Crippen LogP contribution in [0.3, 0.4) is 0 Å². The van der Waals surface area contributed by atoms with E-state index in [1.165, 1.54) is 0 Å². The fourth-order valence-corrected chi connectivity index (χ4v) is 3.23. The number of piperidine rings is 2. The lowest BCUT2D eigenvalue weighted by atomic mass is 9.93. The number of rotatable bonds is 1. The Balaban J connectivity index is 2.01. The minimum atomic E-state index is -0.478. The molecular formula is C16H28N2O3. The zero-order chi connectivity index (χ0) is 15.6. The Bertz CT molecular complexity index is 403. The maximum Gasteiger partial charge on any atom is 0.410 e. The molecule has 0 aromatic rings. The van der Waals surface area contributed by atoms with Crippen LogP contribution in [0.1, 0.15) is 53.4 Å². The van der Waals surface area contributed by atoms with Gasteiger partial charge in [-0.1, -0.05) is 6.92 Å². The van der Waals surface area contributed by atoms with Crippen LogP contribution in [0.5, 0.6) is 0 Å². The van der Waals surface area contributed by atoms with E-state index in [1.54, 1.807) is 4.90 Å². The van der Waals surface area contributed by atoms with Gasteiger partial charge < -0.3 is 14.5 Å². The van der Waals surface area contributed by atoms with E-state index >= 15 is 0 Å². The van der Waals surface area contributed by atoms with Crippen molar-refractivity contribution in [2.24, 2.45) is 5.92 Å². The monoisotopic (exact) mass is 296 g/mol. The predicted octanol–water partition coefficient (Wildman–Crippen LogP) is 2.64. The van der Waals surface area contributed by atoms with Crippen molar-refractivity contribution in [3.8, 4) is 0 Å². The zero-order valence-corrected chi connectivity index (χ0v) is 13.7. The van der Waals surface area contributed by atoms with E-state index < -0.39 is 5.60 Å². The number of amides is 2. The van der Waals surface area contributed by atoms with Crippen molar-refractivity contribution < 1.29 is 14.3 Å². The molecule has 21 heavy (non-hydrogen) atoms. The molecule has 2 aliphatic heterocycles. The number of likely N-dealkylation sites (tertiary alicyclic amines) is 2. The van der Waals surface area contributed by atoms with Crippen LogP contribution in [-0.4, -0.2) is 53.1 Å². The minimum Gasteiger partial charge on any atom is -0.444 e. The van der Waals surface area contributed by atoms with E-state index in [-0.39, 0.29) is 18.0 Å². The molecule has 5 nitrogen and oxygen atoms in total. The van der Waals surface area contributed by atoms with E-state index in [2.05, 4.69) is 6.92 Å². The predicted molar refractivity (Wildman–Crippen MR) is 80.9 cm³/mol. The van der Waals surface area contributed by atoms with E-state index in [9.17, 15) is 9.59 Å². The van der Waals surface area contributed by atoms with E-state index in [0.717, 1.165) is 25.8 Å². The lowest BCUT2D eigenvalue weighted by Crippen LogP contribution is -2.55. The first kappa shape index (κ1) is 16.1. The summed E-state index contributed by atoms with van der Waals surface area (Å²) in [6.07, 6.45) is 3.43. The quantitative estimate of drug-likeness (QED) is 0.747. The van der Waals surface area contributed by atoms with Gasteiger partial charge in [-0.25, -0.2) is 4.79 Å². The fourth-order valence-electron chi connectivity index (χ4n) is 3.23. The summed E-state index contributed by atoms with van der Waals surface area (Å²) in [7, 11) is 0. The zero-order valence-electron chi connectivity index (χ0n) is 13.7. The van der Waals surface area contributed by atoms with Crippen LogP contribution in [-0.2, 0) is 9.53 Å². The normalized spacial score (nSPS) is 27.7. The molecule has 2 rings (SSSR count). The topological polar surface area (TPSA) is 49.9 Å². The Hall–Kier alpha value is -1.26. The van der Waals surface area contributed by atoms with Gasteiger partial charge in [-0.05, 0) is 46.0 Å². The summed E-state index contributed by atoms with van der Waals surface area (Å²) in [5.41, 5.74) is -0.478. The molecule has 2 atom stereocenters. The smallest absolute Gasteiger partial charge is 0.410 e. The highest BCUT2D eigenvalue weighted by Crippen LogP contribution is 2.25. The molecule has 0 aromatic heterocycles. The molecule has 5 heteroatoms. The summed E-state index contributed by atoms with van der Waals surface area (Å²) in [4.78, 5) is 28.1. The molecule has 0 N–H and O–H groups in total. The highest BCUT2D eigenvalue weighted by molar-refractivity contribution is 5.77. The van der Waals surface area contributed by atoms with E-state index in [4.69, 9.17) is 4.74 Å². The van der Waals surface area contributed by atoms with Crippen molar-refractivity contribution in [1.82, 2.24) is 9.80 Å². The summed E-state index contributed by atoms with van der Waals surface area (Å²) in [6, 6.07) is 0.147. The molecule has 2 fully saturated rings. The molecule has 0 aromatic carbocycles. The van der Waals surface area contributed by atoms with E-state index in [0.29, 0.717) is 25.4 Å². The van der Waals surface area contributed by atoms with Crippen molar-refractivity contribution >= 4 is 12.0 Å². The largest absolute Gasteiger partial charge is 0.444 e. The van der Waals surface area contributed by atoms with Crippen LogP contribution in [0.25, 0.3) is 0 Å². The van der Waals surface area contributed by atoms with Gasteiger partial charge in [0.05, 0.1) is 0 Å². The third-order valence-corrected chi connectivity index (χ3v) is 4.09. The Morgan fingerprint density at radius 2 is 1.95 bits per heavy atom. The summed E-state index contributed by atoms with van der Waals surface area (Å²) in [5, 5.41) is 0. The minimum absolute atomic E-state index is 0.147. The molecule has 0 spiro atoms. The summed E-state index contributed by atoms with van der Waals surface area (Å²) in [5.74, 6) is 0.635. The highest BCUT2D eigenvalue weighted by atomic mass is 16.6. The van der Waals surface area contributed by atoms with Crippen molar-refractivity contribution in [3.05, 3.63) is 0 Å². The highest BCUT2D eigenvalue weighted by Gasteiger charge is 2.35. The lowest BCUT2D eigenvalue weighted by Gasteiger charge is -2.43. The number of hydrogen-bond acceptors (Lipinski definition) is 3. The van der Waals surface area contributed by atoms with Gasteiger partial charge in [-0.2, -0.15) is 0 Å². The van der Waals surface area contributed by atoms with Gasteiger partial charge in [0.15, 0.2) is 0 Å². The average molecular weight is 296 g/mol. The number of carbonyl (C=O) groups excluding carboxylic acids is 2. The van der Waals surface area contributed by atoms with Crippen LogP contribution < -0.4 is 0 Å². The second-order valence-corrected chi connectivity index (χ2v) is 7.42. The Kier molecular flexibility index (Phi) is 4.79. The summed E-state index contributed by atoms with van der Waals surface area (Å²) < 4.78 is 5.47. The molecule has 0 saturated carbocycles. The molecule has 2 saturated heterocycles. The second kappa shape index (κ2) is 6.24. The molecule has 0 bridgehead atoms. The van der Waals surface area contributed by atoms with Gasteiger partial charge in [0.25, 0.3) is 0 Å². The van der Waals surface area contributed by atoms with Crippen molar-refractivity contribution in [1.29, 1.82) is 0 Å². The second-order valence-electron chi connectivity index (χ2n) is 7.42. The first-order valence-corrected chi connectivity index (χ1v) is 8.03. The molecular weight excluding hydrogens is 268 g/mol. The van der Waals surface area contributed by atoms with Crippen molar-refractivity contribution in [2.45, 2.75) is 65.0 Å². The number of carbonyl (C=O) groups is 2. The van der Waals surface area contributed by atoms with Gasteiger partial charge in [0, 0.05) is 32.1 Å². The van der Waals surface area contributed by atoms with Gasteiger partial charge in [0.1, 0.15) is 5.60 Å². The molecule has 0 aliphatic carbocycles. The van der Waals surface area contributed by atoms with Gasteiger partial charge >= 0.3 is 6.09 Å². The van der Waals surface area contributed by atoms with Gasteiger partial charge in [-0.3, -0.25) is 4.79 Å². The Morgan fingerprint density at radius 1 is 1.24 bits per heavy atom. The summed E-state index contributed by atoms with van der Waals surface area (Å²) >= 11 is 0. The molecule has 2 amide bonds. The number of ether oxygens (including phenoxy) is 1. The van der Waals surface area contributed by atoms with Crippen LogP contribution in [0.15, 0.2) is 0 Å². The standard InChI is InChI=1S/C16H28N2O3/c1-12-9-13(18-8-6-5-7-14(18)19)11-17(10-12)15(20)21-16(2,3)4/h12-13H,5-11H2,1-4H3. The van der Waals surface area contributed by atoms with Crippen LogP contribution in [0.2, 0.25) is 0 Å². The maximum atomic E-state index is 12.3. The molecule has 2 unspecified atom stereocenters. The summed E-state index contributed by atoms with van der Waals surface area (Å²) in [6.45, 7) is 9.92. The Morgan fingerprint density at radius 3 is 2.57 bits per heavy atom. The van der Waals surface area contributed by atoms with Crippen molar-refractivity contribution in [2.75, 3.05) is 19.6 Å². The van der Waals surface area contributed by atoms with E-state index in [1.807, 2.05) is 25.7 Å². The average Bonchev–Trinajstić information content (AvgIpc) is 2.36. The molecule has 120 valence electrons. The van der Waals surface area contributed by atoms with Gasteiger partial charge in [0.2, 0.25) is 5.91 Å². The fraction of sp³-hybridized carbons (Fsp3) is 0.875. The maximum absolute atomic E-state index is 12.3. The van der Waals surface area contributed by atoms with Crippen LogP contribution >= 0.6 is 0 Å². The third-order valence-electron chi connectivity index (χ3n) is 4.09. The number of hydrogen-bond donors (Lipinski definition) is 0. The van der Waals surface area contributed by atoms with Crippen LogP contribution in [0.4, 0.5) is 4.79 Å². The molecule has 2 aliphatic rings. The van der Waals surface area contributed by atoms with Crippen LogP contribution in [0, 0.1) is 5.92 Å². The Labute approximate surface area is 127 Å². The van der Waals surface area contributed by atoms with Crippen molar-refractivity contribution in [3.63, 3.8) is 0 Å². The first-order valence-electron chi connectivity index (χ1n) is 8.03.